The predicted octanol–water partition coefficient (Wildman–Crippen LogP) is -2.39. The van der Waals surface area contributed by atoms with Crippen molar-refractivity contribution in [2.24, 2.45) is 0 Å². The Balaban J connectivity index is 3.01. The highest BCUT2D eigenvalue weighted by molar-refractivity contribution is 5.93. The zero-order valence-corrected chi connectivity index (χ0v) is 7.37. The van der Waals surface area contributed by atoms with Gasteiger partial charge in [-0.2, -0.15) is 0 Å². The van der Waals surface area contributed by atoms with E-state index in [-0.39, 0.29) is 0 Å². The molecule has 0 aromatic heterocycles. The lowest BCUT2D eigenvalue weighted by Gasteiger charge is -2.23. The Morgan fingerprint density at radius 3 is 2.60 bits per heavy atom. The predicted molar refractivity (Wildman–Crippen MR) is 40.3 cm³/mol. The second kappa shape index (κ2) is 3.83. The minimum Gasteiger partial charge on any atom is -0.481 e. The maximum atomic E-state index is 11.1. The highest BCUT2D eigenvalue weighted by atomic mass is 16.7. The minimum atomic E-state index is -2.81. The quantitative estimate of drug-likeness (QED) is 0.439. The molecule has 0 aromatic carbocycles. The van der Waals surface area contributed by atoms with Gasteiger partial charge in [0.2, 0.25) is 12.4 Å². The summed E-state index contributed by atoms with van der Waals surface area (Å²) in [6.45, 7) is -0.767. The van der Waals surface area contributed by atoms with Gasteiger partial charge in [-0.15, -0.1) is 0 Å². The van der Waals surface area contributed by atoms with Crippen LogP contribution in [0.25, 0.3) is 0 Å². The van der Waals surface area contributed by atoms with Crippen molar-refractivity contribution in [1.29, 1.82) is 0 Å². The monoisotopic (exact) mass is 220 g/mol. The fraction of sp³-hybridized carbons (Fsp3) is 0.571. The van der Waals surface area contributed by atoms with Crippen molar-refractivity contribution < 1.29 is 39.2 Å². The molecule has 2 unspecified atom stereocenters. The third-order valence-electron chi connectivity index (χ3n) is 1.84. The van der Waals surface area contributed by atoms with E-state index in [4.69, 9.17) is 5.11 Å². The maximum Gasteiger partial charge on any atom is 0.345 e. The summed E-state index contributed by atoms with van der Waals surface area (Å²) < 4.78 is 8.38. The minimum absolute atomic E-state index is 0.767. The Morgan fingerprint density at radius 1 is 1.47 bits per heavy atom. The van der Waals surface area contributed by atoms with Crippen molar-refractivity contribution >= 4 is 17.9 Å². The van der Waals surface area contributed by atoms with Crippen molar-refractivity contribution in [2.75, 3.05) is 6.79 Å². The van der Waals surface area contributed by atoms with Crippen molar-refractivity contribution in [1.82, 2.24) is 0 Å². The highest BCUT2D eigenvalue weighted by Crippen LogP contribution is 2.21. The highest BCUT2D eigenvalue weighted by Gasteiger charge is 2.52. The summed E-state index contributed by atoms with van der Waals surface area (Å²) in [7, 11) is 0. The van der Waals surface area contributed by atoms with Crippen LogP contribution < -0.4 is 0 Å². The standard InChI is InChI=1S/C7H8O8/c8-3(9)1-7(13)4(10)5(11)14-2-15-6(7)12/h4,10,13H,1-2H2,(H,8,9). The fourth-order valence-electron chi connectivity index (χ4n) is 1.05. The number of hydrogen-bond donors (Lipinski definition) is 3. The molecule has 0 radical (unpaired) electrons. The number of esters is 2. The number of carbonyl (C=O) groups is 3. The van der Waals surface area contributed by atoms with Crippen LogP contribution in [0.15, 0.2) is 0 Å². The molecule has 1 aliphatic rings. The van der Waals surface area contributed by atoms with E-state index in [1.807, 2.05) is 0 Å². The second-order valence-electron chi connectivity index (χ2n) is 2.91. The first-order valence-electron chi connectivity index (χ1n) is 3.84. The van der Waals surface area contributed by atoms with Crippen LogP contribution in [0.5, 0.6) is 0 Å². The van der Waals surface area contributed by atoms with Crippen molar-refractivity contribution in [3.63, 3.8) is 0 Å². The van der Waals surface area contributed by atoms with Gasteiger partial charge in [0.25, 0.3) is 0 Å². The van der Waals surface area contributed by atoms with Gasteiger partial charge in [-0.25, -0.2) is 9.59 Å². The zero-order chi connectivity index (χ0) is 11.6. The number of ether oxygens (including phenoxy) is 2. The molecule has 0 aliphatic carbocycles. The van der Waals surface area contributed by atoms with E-state index in [2.05, 4.69) is 9.47 Å². The molecule has 8 heteroatoms. The lowest BCUT2D eigenvalue weighted by Crippen LogP contribution is -2.53. The first kappa shape index (κ1) is 11.4. The van der Waals surface area contributed by atoms with Gasteiger partial charge in [0.05, 0.1) is 6.42 Å². The first-order chi connectivity index (χ1) is 6.88. The largest absolute Gasteiger partial charge is 0.481 e. The summed E-state index contributed by atoms with van der Waals surface area (Å²) in [6.07, 6.45) is -3.43. The molecule has 0 amide bonds. The van der Waals surface area contributed by atoms with Crippen LogP contribution in [-0.2, 0) is 23.9 Å². The van der Waals surface area contributed by atoms with E-state index in [9.17, 15) is 24.6 Å². The third kappa shape index (κ3) is 2.05. The Bertz CT molecular complexity index is 310. The van der Waals surface area contributed by atoms with E-state index in [0.717, 1.165) is 0 Å². The maximum absolute atomic E-state index is 11.1. The Kier molecular flexibility index (Phi) is 2.91. The van der Waals surface area contributed by atoms with Gasteiger partial charge in [0, 0.05) is 0 Å². The van der Waals surface area contributed by atoms with Crippen molar-refractivity contribution in [2.45, 2.75) is 18.1 Å². The molecule has 8 nitrogen and oxygen atoms in total. The topological polar surface area (TPSA) is 130 Å². The number of aliphatic carboxylic acids is 1. The summed E-state index contributed by atoms with van der Waals surface area (Å²) in [4.78, 5) is 32.4. The average molecular weight is 220 g/mol. The summed E-state index contributed by atoms with van der Waals surface area (Å²) in [5.74, 6) is -4.30. The third-order valence-corrected chi connectivity index (χ3v) is 1.84. The lowest BCUT2D eigenvalue weighted by molar-refractivity contribution is -0.181. The molecule has 1 rings (SSSR count). The zero-order valence-electron chi connectivity index (χ0n) is 7.37. The number of aliphatic hydroxyl groups excluding tert-OH is 1. The summed E-state index contributed by atoms with van der Waals surface area (Å²) in [5, 5.41) is 27.1. The van der Waals surface area contributed by atoms with E-state index in [1.54, 1.807) is 0 Å². The number of hydrogen-bond acceptors (Lipinski definition) is 7. The van der Waals surface area contributed by atoms with Crippen molar-refractivity contribution in [3.05, 3.63) is 0 Å². The molecule has 1 aliphatic heterocycles. The molecule has 0 bridgehead atoms. The molecule has 0 spiro atoms. The number of rotatable bonds is 2. The van der Waals surface area contributed by atoms with Gasteiger partial charge in [-0.05, 0) is 0 Å². The second-order valence-corrected chi connectivity index (χ2v) is 2.91. The molecule has 0 saturated carbocycles. The fourth-order valence-corrected chi connectivity index (χ4v) is 1.05. The van der Waals surface area contributed by atoms with Crippen LogP contribution >= 0.6 is 0 Å². The molecule has 1 saturated heterocycles. The average Bonchev–Trinajstić information content (AvgIpc) is 2.21. The van der Waals surface area contributed by atoms with Gasteiger partial charge >= 0.3 is 17.9 Å². The number of carboxylic acids is 1. The molecule has 3 N–H and O–H groups in total. The number of aliphatic hydroxyl groups is 2. The van der Waals surface area contributed by atoms with Crippen LogP contribution in [0, 0.1) is 0 Å². The lowest BCUT2D eigenvalue weighted by atomic mass is 9.93. The molecule has 84 valence electrons. The Labute approximate surface area is 83.0 Å². The Morgan fingerprint density at radius 2 is 2.07 bits per heavy atom. The smallest absolute Gasteiger partial charge is 0.345 e. The number of carboxylic acid groups (broad SMARTS) is 1. The molecule has 1 fully saturated rings. The van der Waals surface area contributed by atoms with Gasteiger partial charge < -0.3 is 24.8 Å². The van der Waals surface area contributed by atoms with Crippen LogP contribution in [0.4, 0.5) is 0 Å². The Hall–Kier alpha value is -1.67. The molecule has 2 atom stereocenters. The summed E-state index contributed by atoms with van der Waals surface area (Å²) in [6, 6.07) is 0. The van der Waals surface area contributed by atoms with Gasteiger partial charge in [-0.3, -0.25) is 4.79 Å². The van der Waals surface area contributed by atoms with Gasteiger partial charge in [0.15, 0.2) is 6.10 Å². The molecule has 15 heavy (non-hydrogen) atoms. The summed E-state index contributed by atoms with van der Waals surface area (Å²) in [5.41, 5.74) is -2.81. The molecule has 0 aromatic rings. The normalized spacial score (nSPS) is 31.5. The molecular formula is C7H8O8. The van der Waals surface area contributed by atoms with E-state index in [0.29, 0.717) is 0 Å². The van der Waals surface area contributed by atoms with E-state index < -0.39 is 42.8 Å². The first-order valence-corrected chi connectivity index (χ1v) is 3.84. The SMILES string of the molecule is O=C(O)CC1(O)C(=O)OCOC(=O)C1O. The van der Waals surface area contributed by atoms with Crippen LogP contribution in [0.2, 0.25) is 0 Å². The van der Waals surface area contributed by atoms with E-state index >= 15 is 0 Å². The van der Waals surface area contributed by atoms with Gasteiger partial charge in [-0.1, -0.05) is 0 Å². The van der Waals surface area contributed by atoms with Crippen LogP contribution in [0.3, 0.4) is 0 Å². The molecular weight excluding hydrogens is 212 g/mol. The van der Waals surface area contributed by atoms with Crippen molar-refractivity contribution in [3.8, 4) is 0 Å². The molecule has 1 heterocycles. The van der Waals surface area contributed by atoms with Crippen LogP contribution in [0.1, 0.15) is 6.42 Å². The number of carbonyl (C=O) groups excluding carboxylic acids is 2. The van der Waals surface area contributed by atoms with E-state index in [1.165, 1.54) is 0 Å². The van der Waals surface area contributed by atoms with Gasteiger partial charge in [0.1, 0.15) is 0 Å². The summed E-state index contributed by atoms with van der Waals surface area (Å²) >= 11 is 0. The van der Waals surface area contributed by atoms with Crippen LogP contribution in [-0.4, -0.2) is 51.7 Å². The number of cyclic esters (lactones) is 2.